The summed E-state index contributed by atoms with van der Waals surface area (Å²) in [5, 5.41) is 8.76. The van der Waals surface area contributed by atoms with Gasteiger partial charge in [-0.25, -0.2) is 9.18 Å². The van der Waals surface area contributed by atoms with E-state index in [-0.39, 0.29) is 17.8 Å². The zero-order valence-electron chi connectivity index (χ0n) is 7.21. The molecule has 0 heterocycles. The van der Waals surface area contributed by atoms with Crippen molar-refractivity contribution >= 4 is 11.8 Å². The van der Waals surface area contributed by atoms with Gasteiger partial charge in [-0.05, 0) is 24.1 Å². The predicted octanol–water partition coefficient (Wildman–Crippen LogP) is 1.65. The Morgan fingerprint density at radius 3 is 2.71 bits per heavy atom. The summed E-state index contributed by atoms with van der Waals surface area (Å²) in [6.45, 7) is 0. The molecular formula is C10H7FO3. The molecule has 0 radical (unpaired) electrons. The van der Waals surface area contributed by atoms with Gasteiger partial charge in [0.15, 0.2) is 5.78 Å². The number of hydrogen-bond acceptors (Lipinski definition) is 2. The minimum atomic E-state index is -1.31. The van der Waals surface area contributed by atoms with E-state index in [1.165, 1.54) is 6.07 Å². The molecule has 0 unspecified atom stereocenters. The molecule has 0 aromatic heterocycles. The Kier molecular flexibility index (Phi) is 1.84. The molecule has 14 heavy (non-hydrogen) atoms. The van der Waals surface area contributed by atoms with E-state index >= 15 is 0 Å². The van der Waals surface area contributed by atoms with Crippen molar-refractivity contribution in [3.05, 3.63) is 34.6 Å². The minimum absolute atomic E-state index is 0.109. The fourth-order valence-corrected chi connectivity index (χ4v) is 1.74. The molecule has 1 aliphatic rings. The summed E-state index contributed by atoms with van der Waals surface area (Å²) in [5.41, 5.74) is 0.333. The molecule has 72 valence electrons. The molecule has 1 N–H and O–H groups in total. The van der Waals surface area contributed by atoms with E-state index < -0.39 is 11.8 Å². The lowest BCUT2D eigenvalue weighted by Crippen LogP contribution is -2.06. The fourth-order valence-electron chi connectivity index (χ4n) is 1.74. The largest absolute Gasteiger partial charge is 0.478 e. The van der Waals surface area contributed by atoms with Crippen LogP contribution in [0.15, 0.2) is 12.1 Å². The third-order valence-corrected chi connectivity index (χ3v) is 2.38. The van der Waals surface area contributed by atoms with Crippen molar-refractivity contribution < 1.29 is 19.1 Å². The first kappa shape index (κ1) is 8.87. The lowest BCUT2D eigenvalue weighted by atomic mass is 10.0. The third-order valence-electron chi connectivity index (χ3n) is 2.38. The number of carbonyl (C=O) groups is 2. The van der Waals surface area contributed by atoms with Crippen LogP contribution in [0.2, 0.25) is 0 Å². The first-order valence-corrected chi connectivity index (χ1v) is 4.19. The van der Waals surface area contributed by atoms with Crippen LogP contribution in [0, 0.1) is 5.82 Å². The summed E-state index contributed by atoms with van der Waals surface area (Å²) < 4.78 is 13.1. The van der Waals surface area contributed by atoms with E-state index in [4.69, 9.17) is 5.11 Å². The van der Waals surface area contributed by atoms with Crippen LogP contribution in [-0.4, -0.2) is 16.9 Å². The summed E-state index contributed by atoms with van der Waals surface area (Å²) in [6.07, 6.45) is 0.604. The zero-order chi connectivity index (χ0) is 10.3. The molecule has 1 aliphatic carbocycles. The summed E-state index contributed by atoms with van der Waals surface area (Å²) >= 11 is 0. The summed E-state index contributed by atoms with van der Waals surface area (Å²) in [4.78, 5) is 22.0. The number of carboxylic acids is 1. The van der Waals surface area contributed by atoms with Gasteiger partial charge in [0.25, 0.3) is 0 Å². The smallest absolute Gasteiger partial charge is 0.338 e. The third kappa shape index (κ3) is 1.11. The fraction of sp³-hybridized carbons (Fsp3) is 0.200. The molecule has 2 rings (SSSR count). The maximum Gasteiger partial charge on any atom is 0.338 e. The molecule has 0 saturated carbocycles. The van der Waals surface area contributed by atoms with Crippen molar-refractivity contribution in [3.63, 3.8) is 0 Å². The number of carbonyl (C=O) groups excluding carboxylic acids is 1. The van der Waals surface area contributed by atoms with Crippen molar-refractivity contribution in [1.82, 2.24) is 0 Å². The van der Waals surface area contributed by atoms with Gasteiger partial charge >= 0.3 is 5.97 Å². The van der Waals surface area contributed by atoms with E-state index in [0.717, 1.165) is 6.07 Å². The highest BCUT2D eigenvalue weighted by Crippen LogP contribution is 2.27. The maximum atomic E-state index is 13.1. The van der Waals surface area contributed by atoms with Crippen molar-refractivity contribution in [2.45, 2.75) is 12.8 Å². The monoisotopic (exact) mass is 194 g/mol. The molecular weight excluding hydrogens is 187 g/mol. The molecule has 3 nitrogen and oxygen atoms in total. The van der Waals surface area contributed by atoms with Crippen LogP contribution < -0.4 is 0 Å². The van der Waals surface area contributed by atoms with Crippen molar-refractivity contribution in [3.8, 4) is 0 Å². The quantitative estimate of drug-likeness (QED) is 0.739. The van der Waals surface area contributed by atoms with Gasteiger partial charge in [0.1, 0.15) is 5.82 Å². The number of aromatic carboxylic acids is 1. The number of halogens is 1. The Bertz CT molecular complexity index is 437. The van der Waals surface area contributed by atoms with Crippen LogP contribution in [0.1, 0.15) is 32.7 Å². The van der Waals surface area contributed by atoms with E-state index in [0.29, 0.717) is 17.5 Å². The Morgan fingerprint density at radius 2 is 2.07 bits per heavy atom. The summed E-state index contributed by atoms with van der Waals surface area (Å²) in [7, 11) is 0. The normalized spacial score (nSPS) is 14.2. The molecule has 0 fully saturated rings. The highest BCUT2D eigenvalue weighted by atomic mass is 19.1. The molecule has 1 aromatic carbocycles. The molecule has 0 atom stereocenters. The van der Waals surface area contributed by atoms with Gasteiger partial charge < -0.3 is 5.11 Å². The van der Waals surface area contributed by atoms with Crippen LogP contribution in [0.3, 0.4) is 0 Å². The molecule has 0 aliphatic heterocycles. The Morgan fingerprint density at radius 1 is 1.36 bits per heavy atom. The SMILES string of the molecule is O=C1CCc2c1ccc(F)c2C(=O)O. The second-order valence-electron chi connectivity index (χ2n) is 3.18. The van der Waals surface area contributed by atoms with Gasteiger partial charge in [-0.3, -0.25) is 4.79 Å². The second-order valence-corrected chi connectivity index (χ2v) is 3.18. The van der Waals surface area contributed by atoms with E-state index in [1.807, 2.05) is 0 Å². The lowest BCUT2D eigenvalue weighted by molar-refractivity contribution is 0.0690. The highest BCUT2D eigenvalue weighted by Gasteiger charge is 2.27. The van der Waals surface area contributed by atoms with Crippen LogP contribution in [0.4, 0.5) is 4.39 Å². The molecule has 0 saturated heterocycles. The van der Waals surface area contributed by atoms with Crippen LogP contribution in [-0.2, 0) is 6.42 Å². The Balaban J connectivity index is 2.71. The van der Waals surface area contributed by atoms with Gasteiger partial charge in [-0.15, -0.1) is 0 Å². The highest BCUT2D eigenvalue weighted by molar-refractivity contribution is 6.04. The minimum Gasteiger partial charge on any atom is -0.478 e. The van der Waals surface area contributed by atoms with E-state index in [2.05, 4.69) is 0 Å². The Labute approximate surface area is 79.2 Å². The number of Topliss-reactive ketones (excluding diaryl/α,β-unsaturated/α-hetero) is 1. The Hall–Kier alpha value is -1.71. The summed E-state index contributed by atoms with van der Waals surface area (Å²) in [5.74, 6) is -2.19. The maximum absolute atomic E-state index is 13.1. The first-order chi connectivity index (χ1) is 6.61. The van der Waals surface area contributed by atoms with Gasteiger partial charge in [0.2, 0.25) is 0 Å². The van der Waals surface area contributed by atoms with Crippen LogP contribution in [0.5, 0.6) is 0 Å². The predicted molar refractivity (Wildman–Crippen MR) is 46.0 cm³/mol. The van der Waals surface area contributed by atoms with Gasteiger partial charge in [0, 0.05) is 12.0 Å². The molecule has 0 amide bonds. The van der Waals surface area contributed by atoms with Crippen LogP contribution in [0.25, 0.3) is 0 Å². The van der Waals surface area contributed by atoms with E-state index in [1.54, 1.807) is 0 Å². The summed E-state index contributed by atoms with van der Waals surface area (Å²) in [6, 6.07) is 2.39. The van der Waals surface area contributed by atoms with Crippen molar-refractivity contribution in [2.75, 3.05) is 0 Å². The van der Waals surface area contributed by atoms with Gasteiger partial charge in [-0.2, -0.15) is 0 Å². The molecule has 0 bridgehead atoms. The number of fused-ring (bicyclic) bond motifs is 1. The molecule has 4 heteroatoms. The number of ketones is 1. The average Bonchev–Trinajstić information content (AvgIpc) is 2.47. The van der Waals surface area contributed by atoms with Crippen molar-refractivity contribution in [1.29, 1.82) is 0 Å². The number of carboxylic acid groups (broad SMARTS) is 1. The topological polar surface area (TPSA) is 54.4 Å². The number of benzene rings is 1. The first-order valence-electron chi connectivity index (χ1n) is 4.19. The van der Waals surface area contributed by atoms with Crippen molar-refractivity contribution in [2.24, 2.45) is 0 Å². The zero-order valence-corrected chi connectivity index (χ0v) is 7.21. The van der Waals surface area contributed by atoms with Gasteiger partial charge in [-0.1, -0.05) is 0 Å². The molecule has 1 aromatic rings. The average molecular weight is 194 g/mol. The van der Waals surface area contributed by atoms with Crippen LogP contribution >= 0.6 is 0 Å². The standard InChI is InChI=1S/C10H7FO3/c11-7-3-1-5-6(2-4-8(5)12)9(7)10(13)14/h1,3H,2,4H2,(H,13,14). The van der Waals surface area contributed by atoms with Gasteiger partial charge in [0.05, 0.1) is 5.56 Å². The number of hydrogen-bond donors (Lipinski definition) is 1. The molecule has 0 spiro atoms. The lowest BCUT2D eigenvalue weighted by Gasteiger charge is -2.03. The second kappa shape index (κ2) is 2.90. The van der Waals surface area contributed by atoms with E-state index in [9.17, 15) is 14.0 Å². The number of rotatable bonds is 1.